The molecule has 4 nitrogen and oxygen atoms in total. The molecule has 0 spiro atoms. The topological polar surface area (TPSA) is 42.5 Å². The Morgan fingerprint density at radius 3 is 2.21 bits per heavy atom. The molecular weight excluding hydrogens is 727 g/mol. The zero-order valence-corrected chi connectivity index (χ0v) is 32.8. The predicted molar refractivity (Wildman–Crippen MR) is 245 cm³/mol. The van der Waals surface area contributed by atoms with Crippen LogP contribution in [0.1, 0.15) is 48.7 Å². The van der Waals surface area contributed by atoms with Crippen LogP contribution in [0.5, 0.6) is 0 Å². The van der Waals surface area contributed by atoms with Gasteiger partial charge in [0.25, 0.3) is 0 Å². The van der Waals surface area contributed by atoms with Gasteiger partial charge in [-0.1, -0.05) is 128 Å². The largest absolute Gasteiger partial charge is 0.456 e. The molecule has 0 saturated heterocycles. The fourth-order valence-electron chi connectivity index (χ4n) is 9.58. The van der Waals surface area contributed by atoms with Crippen LogP contribution in [-0.2, 0) is 0 Å². The molecule has 58 heavy (non-hydrogen) atoms. The lowest BCUT2D eigenvalue weighted by Crippen LogP contribution is -2.33. The summed E-state index contributed by atoms with van der Waals surface area (Å²) in [7, 11) is 0. The molecule has 0 aliphatic carbocycles. The number of aromatic nitrogens is 1. The van der Waals surface area contributed by atoms with E-state index < -0.39 is 0 Å². The van der Waals surface area contributed by atoms with E-state index in [2.05, 4.69) is 187 Å². The first kappa shape index (κ1) is 33.6. The number of aliphatic imine (C=N–C) groups is 1. The standard InChI is InChI=1S/C53H39N3OS/c1-32-23-26-45(36-24-25-41-40-19-9-12-22-49(40)58-50(41)29-36)54-53(33-13-3-2-4-14-33)55-51(32)44-31-37(30-43-39-18-8-11-21-48(39)57-52(43)44)56-46-20-10-7-17-38(46)42-27-34-15-5-6-16-35(34)28-47(42)56/h2-22,24-25,27-32,51,53,55H,23,26H2,1H3/b54-45+. The Labute approximate surface area is 339 Å². The Balaban J connectivity index is 1.06. The van der Waals surface area contributed by atoms with Crippen molar-refractivity contribution in [3.8, 4) is 5.69 Å². The number of para-hydroxylation sites is 2. The van der Waals surface area contributed by atoms with E-state index >= 15 is 0 Å². The molecule has 12 rings (SSSR count). The lowest BCUT2D eigenvalue weighted by atomic mass is 9.86. The van der Waals surface area contributed by atoms with Crippen LogP contribution in [-0.4, -0.2) is 10.3 Å². The summed E-state index contributed by atoms with van der Waals surface area (Å²) in [4.78, 5) is 5.63. The number of furan rings is 1. The highest BCUT2D eigenvalue weighted by molar-refractivity contribution is 7.25. The molecular formula is C53H39N3OS. The third-order valence-electron chi connectivity index (χ3n) is 12.5. The van der Waals surface area contributed by atoms with Crippen LogP contribution < -0.4 is 5.32 Å². The van der Waals surface area contributed by atoms with Gasteiger partial charge in [0, 0.05) is 64.7 Å². The zero-order chi connectivity index (χ0) is 38.3. The van der Waals surface area contributed by atoms with Crippen molar-refractivity contribution < 1.29 is 4.42 Å². The van der Waals surface area contributed by atoms with Gasteiger partial charge in [0.1, 0.15) is 17.3 Å². The number of benzene rings is 8. The quantitative estimate of drug-likeness (QED) is 0.194. The number of nitrogens with one attached hydrogen (secondary N) is 1. The third-order valence-corrected chi connectivity index (χ3v) is 13.6. The monoisotopic (exact) mass is 765 g/mol. The van der Waals surface area contributed by atoms with Crippen molar-refractivity contribution in [2.75, 3.05) is 0 Å². The molecule has 0 fully saturated rings. The van der Waals surface area contributed by atoms with Gasteiger partial charge in [-0.15, -0.1) is 11.3 Å². The van der Waals surface area contributed by atoms with Gasteiger partial charge in [0.2, 0.25) is 0 Å². The first-order chi connectivity index (χ1) is 28.6. The van der Waals surface area contributed by atoms with E-state index in [9.17, 15) is 0 Å². The fraction of sp³-hybridized carbons (Fsp3) is 0.113. The molecule has 1 aliphatic rings. The minimum Gasteiger partial charge on any atom is -0.456 e. The summed E-state index contributed by atoms with van der Waals surface area (Å²) >= 11 is 1.87. The van der Waals surface area contributed by atoms with Crippen LogP contribution in [0, 0.1) is 5.92 Å². The van der Waals surface area contributed by atoms with Gasteiger partial charge < -0.3 is 8.98 Å². The normalized spacial score (nSPS) is 18.7. The summed E-state index contributed by atoms with van der Waals surface area (Å²) in [5, 5.41) is 14.0. The first-order valence-corrected chi connectivity index (χ1v) is 21.1. The van der Waals surface area contributed by atoms with E-state index in [0.717, 1.165) is 57.3 Å². The minimum absolute atomic E-state index is 0.0440. The van der Waals surface area contributed by atoms with Crippen LogP contribution in [0.25, 0.3) is 80.4 Å². The smallest absolute Gasteiger partial charge is 0.140 e. The van der Waals surface area contributed by atoms with Gasteiger partial charge in [-0.3, -0.25) is 10.3 Å². The highest BCUT2D eigenvalue weighted by atomic mass is 32.1. The van der Waals surface area contributed by atoms with Crippen molar-refractivity contribution in [3.63, 3.8) is 0 Å². The Kier molecular flexibility index (Phi) is 7.69. The van der Waals surface area contributed by atoms with E-state index in [-0.39, 0.29) is 18.1 Å². The molecule has 0 radical (unpaired) electrons. The van der Waals surface area contributed by atoms with Crippen LogP contribution in [0.4, 0.5) is 0 Å². The molecule has 3 aromatic heterocycles. The van der Waals surface area contributed by atoms with Gasteiger partial charge in [-0.2, -0.15) is 0 Å². The molecule has 8 aromatic carbocycles. The SMILES string of the molecule is CC1CC/C(c2ccc3c(c2)sc2ccccc23)=N\C(c2ccccc2)NC1c1cc(-n2c3ccccc3c3cc4ccccc4cc32)cc2c1oc1ccccc12. The summed E-state index contributed by atoms with van der Waals surface area (Å²) < 4.78 is 12.0. The Morgan fingerprint density at radius 1 is 0.603 bits per heavy atom. The van der Waals surface area contributed by atoms with Gasteiger partial charge in [-0.25, -0.2) is 0 Å². The van der Waals surface area contributed by atoms with Gasteiger partial charge >= 0.3 is 0 Å². The second kappa shape index (κ2) is 13.3. The molecule has 1 aliphatic heterocycles. The summed E-state index contributed by atoms with van der Waals surface area (Å²) in [5.41, 5.74) is 10.0. The number of hydrogen-bond donors (Lipinski definition) is 1. The molecule has 5 heteroatoms. The van der Waals surface area contributed by atoms with E-state index in [4.69, 9.17) is 9.41 Å². The van der Waals surface area contributed by atoms with Crippen molar-refractivity contribution in [2.45, 2.75) is 32.0 Å². The zero-order valence-electron chi connectivity index (χ0n) is 32.0. The summed E-state index contributed by atoms with van der Waals surface area (Å²) in [5.74, 6) is 0.263. The Morgan fingerprint density at radius 2 is 1.33 bits per heavy atom. The molecule has 0 saturated carbocycles. The number of thiophene rings is 1. The molecule has 1 N–H and O–H groups in total. The Bertz CT molecular complexity index is 3420. The second-order valence-electron chi connectivity index (χ2n) is 15.9. The maximum atomic E-state index is 6.88. The third kappa shape index (κ3) is 5.34. The maximum absolute atomic E-state index is 6.88. The van der Waals surface area contributed by atoms with Crippen molar-refractivity contribution >= 4 is 91.7 Å². The van der Waals surface area contributed by atoms with E-state index in [1.54, 1.807) is 0 Å². The van der Waals surface area contributed by atoms with E-state index in [1.165, 1.54) is 58.3 Å². The van der Waals surface area contributed by atoms with Crippen molar-refractivity contribution in [2.24, 2.45) is 10.9 Å². The number of rotatable bonds is 4. The molecule has 0 bridgehead atoms. The van der Waals surface area contributed by atoms with Crippen LogP contribution in [0.2, 0.25) is 0 Å². The van der Waals surface area contributed by atoms with Gasteiger partial charge in [0.15, 0.2) is 0 Å². The highest BCUT2D eigenvalue weighted by Crippen LogP contribution is 2.43. The number of fused-ring (bicyclic) bond motifs is 10. The van der Waals surface area contributed by atoms with Crippen molar-refractivity contribution in [3.05, 3.63) is 187 Å². The molecule has 3 unspecified atom stereocenters. The maximum Gasteiger partial charge on any atom is 0.140 e. The average molecular weight is 766 g/mol. The summed E-state index contributed by atoms with van der Waals surface area (Å²) in [6, 6.07) is 61.8. The first-order valence-electron chi connectivity index (χ1n) is 20.3. The Hall–Kier alpha value is -6.53. The predicted octanol–water partition coefficient (Wildman–Crippen LogP) is 14.5. The lowest BCUT2D eigenvalue weighted by Gasteiger charge is -2.32. The van der Waals surface area contributed by atoms with Gasteiger partial charge in [0.05, 0.1) is 11.0 Å². The summed E-state index contributed by atoms with van der Waals surface area (Å²) in [6.07, 6.45) is 1.59. The number of nitrogens with zero attached hydrogens (tertiary/aromatic N) is 2. The summed E-state index contributed by atoms with van der Waals surface area (Å²) in [6.45, 7) is 2.39. The fourth-order valence-corrected chi connectivity index (χ4v) is 10.7. The molecule has 11 aromatic rings. The number of hydrogen-bond acceptors (Lipinski definition) is 4. The molecule has 278 valence electrons. The van der Waals surface area contributed by atoms with Crippen molar-refractivity contribution in [1.82, 2.24) is 9.88 Å². The average Bonchev–Trinajstić information content (AvgIpc) is 3.93. The van der Waals surface area contributed by atoms with Crippen LogP contribution >= 0.6 is 11.3 Å². The van der Waals surface area contributed by atoms with Crippen LogP contribution in [0.3, 0.4) is 0 Å². The van der Waals surface area contributed by atoms with E-state index in [1.807, 2.05) is 11.3 Å². The second-order valence-corrected chi connectivity index (χ2v) is 17.0. The van der Waals surface area contributed by atoms with Gasteiger partial charge in [-0.05, 0) is 89.2 Å². The van der Waals surface area contributed by atoms with E-state index in [0.29, 0.717) is 0 Å². The molecule has 4 heterocycles. The minimum atomic E-state index is -0.259. The van der Waals surface area contributed by atoms with Crippen molar-refractivity contribution in [1.29, 1.82) is 0 Å². The lowest BCUT2D eigenvalue weighted by molar-refractivity contribution is 0.328. The molecule has 3 atom stereocenters. The highest BCUT2D eigenvalue weighted by Gasteiger charge is 2.31. The molecule has 0 amide bonds. The van der Waals surface area contributed by atoms with Crippen LogP contribution in [0.15, 0.2) is 179 Å².